The summed E-state index contributed by atoms with van der Waals surface area (Å²) in [4.78, 5) is 27.5. The van der Waals surface area contributed by atoms with Crippen molar-refractivity contribution in [3.8, 4) is 11.5 Å². The van der Waals surface area contributed by atoms with E-state index in [1.807, 2.05) is 12.1 Å². The van der Waals surface area contributed by atoms with Crippen LogP contribution in [0.25, 0.3) is 17.0 Å². The van der Waals surface area contributed by atoms with Gasteiger partial charge in [0.25, 0.3) is 5.91 Å². The van der Waals surface area contributed by atoms with E-state index in [4.69, 9.17) is 18.6 Å². The molecule has 8 nitrogen and oxygen atoms in total. The molecule has 0 spiro atoms. The van der Waals surface area contributed by atoms with Crippen molar-refractivity contribution in [1.29, 1.82) is 0 Å². The lowest BCUT2D eigenvalue weighted by molar-refractivity contribution is -0.111. The van der Waals surface area contributed by atoms with Gasteiger partial charge in [0.1, 0.15) is 22.8 Å². The van der Waals surface area contributed by atoms with Gasteiger partial charge < -0.3 is 28.8 Å². The number of nitrogens with zero attached hydrogens (tertiary/aromatic N) is 1. The minimum atomic E-state index is -0.398. The van der Waals surface area contributed by atoms with Crippen molar-refractivity contribution in [1.82, 2.24) is 4.90 Å². The van der Waals surface area contributed by atoms with Crippen molar-refractivity contribution < 1.29 is 28.2 Å². The van der Waals surface area contributed by atoms with Crippen molar-refractivity contribution in [3.63, 3.8) is 0 Å². The van der Waals surface area contributed by atoms with Crippen LogP contribution >= 0.6 is 0 Å². The van der Waals surface area contributed by atoms with Gasteiger partial charge in [-0.1, -0.05) is 12.1 Å². The molecule has 0 saturated carbocycles. The summed E-state index contributed by atoms with van der Waals surface area (Å²) in [6, 6.07) is 12.5. The summed E-state index contributed by atoms with van der Waals surface area (Å²) in [5, 5.41) is 3.48. The Balaban J connectivity index is 1.60. The maximum Gasteiger partial charge on any atom is 0.291 e. The van der Waals surface area contributed by atoms with Crippen molar-refractivity contribution >= 4 is 34.5 Å². The van der Waals surface area contributed by atoms with Crippen LogP contribution in [-0.4, -0.2) is 57.2 Å². The quantitative estimate of drug-likeness (QED) is 0.594. The lowest BCUT2D eigenvalue weighted by Gasteiger charge is -2.26. The number of carbonyl (C=O) groups is 2. The molecule has 1 aliphatic heterocycles. The standard InChI is InChI=1S/C24H24N2O6/c1-29-17-9-7-16(20(15-17)30-2)8-10-21(27)25-22-18-5-3-4-6-19(18)32-23(22)24(28)26-11-13-31-14-12-26/h3-10,15H,11-14H2,1-2H3,(H,25,27)/b10-8+. The van der Waals surface area contributed by atoms with E-state index in [0.29, 0.717) is 60.0 Å². The number of nitrogens with one attached hydrogen (secondary N) is 1. The van der Waals surface area contributed by atoms with E-state index in [0.717, 1.165) is 0 Å². The van der Waals surface area contributed by atoms with Gasteiger partial charge in [-0.2, -0.15) is 0 Å². The number of para-hydroxylation sites is 1. The first-order chi connectivity index (χ1) is 15.6. The van der Waals surface area contributed by atoms with Gasteiger partial charge in [-0.15, -0.1) is 0 Å². The molecule has 0 atom stereocenters. The molecular weight excluding hydrogens is 412 g/mol. The molecule has 1 saturated heterocycles. The van der Waals surface area contributed by atoms with Gasteiger partial charge in [0.05, 0.1) is 27.4 Å². The van der Waals surface area contributed by atoms with Gasteiger partial charge in [-0.25, -0.2) is 0 Å². The third kappa shape index (κ3) is 4.45. The largest absolute Gasteiger partial charge is 0.497 e. The van der Waals surface area contributed by atoms with Gasteiger partial charge >= 0.3 is 0 Å². The molecule has 2 amide bonds. The Morgan fingerprint density at radius 1 is 1.06 bits per heavy atom. The summed E-state index contributed by atoms with van der Waals surface area (Å²) < 4.78 is 21.7. The van der Waals surface area contributed by atoms with E-state index in [-0.39, 0.29) is 11.7 Å². The average Bonchev–Trinajstić information content (AvgIpc) is 3.20. The summed E-state index contributed by atoms with van der Waals surface area (Å²) in [5.41, 5.74) is 1.60. The van der Waals surface area contributed by atoms with Crippen LogP contribution in [0.15, 0.2) is 53.0 Å². The second-order valence-electron chi connectivity index (χ2n) is 7.14. The van der Waals surface area contributed by atoms with Crippen LogP contribution in [0.4, 0.5) is 5.69 Å². The fourth-order valence-electron chi connectivity index (χ4n) is 3.52. The summed E-state index contributed by atoms with van der Waals surface area (Å²) in [7, 11) is 3.12. The number of benzene rings is 2. The Kier molecular flexibility index (Phi) is 6.42. The number of anilines is 1. The summed E-state index contributed by atoms with van der Waals surface area (Å²) in [5.74, 6) is 0.660. The number of hydrogen-bond acceptors (Lipinski definition) is 6. The fourth-order valence-corrected chi connectivity index (χ4v) is 3.52. The molecule has 1 aliphatic rings. The van der Waals surface area contributed by atoms with Crippen molar-refractivity contribution in [2.45, 2.75) is 0 Å². The van der Waals surface area contributed by atoms with Crippen molar-refractivity contribution in [2.75, 3.05) is 45.8 Å². The summed E-state index contributed by atoms with van der Waals surface area (Å²) >= 11 is 0. The third-order valence-corrected chi connectivity index (χ3v) is 5.19. The molecule has 166 valence electrons. The number of furan rings is 1. The Hall–Kier alpha value is -3.78. The Bertz CT molecular complexity index is 1160. The van der Waals surface area contributed by atoms with Gasteiger partial charge in [0, 0.05) is 36.2 Å². The van der Waals surface area contributed by atoms with Gasteiger partial charge in [-0.3, -0.25) is 9.59 Å². The minimum absolute atomic E-state index is 0.108. The second-order valence-corrected chi connectivity index (χ2v) is 7.14. The van der Waals surface area contributed by atoms with Gasteiger partial charge in [-0.05, 0) is 30.3 Å². The normalized spacial score (nSPS) is 14.0. The predicted molar refractivity (Wildman–Crippen MR) is 120 cm³/mol. The molecule has 2 heterocycles. The van der Waals surface area contributed by atoms with Crippen molar-refractivity contribution in [2.24, 2.45) is 0 Å². The van der Waals surface area contributed by atoms with E-state index in [1.54, 1.807) is 55.5 Å². The monoisotopic (exact) mass is 436 g/mol. The second kappa shape index (κ2) is 9.57. The number of amides is 2. The van der Waals surface area contributed by atoms with Crippen LogP contribution in [0.3, 0.4) is 0 Å². The SMILES string of the molecule is COc1ccc(/C=C/C(=O)Nc2c(C(=O)N3CCOCC3)oc3ccccc23)c(OC)c1. The first kappa shape index (κ1) is 21.5. The van der Waals surface area contributed by atoms with Crippen LogP contribution in [-0.2, 0) is 9.53 Å². The van der Waals surface area contributed by atoms with Crippen LogP contribution in [0.5, 0.6) is 11.5 Å². The lowest BCUT2D eigenvalue weighted by atomic mass is 10.1. The Morgan fingerprint density at radius 2 is 1.84 bits per heavy atom. The summed E-state index contributed by atoms with van der Waals surface area (Å²) in [6.07, 6.45) is 3.02. The Morgan fingerprint density at radius 3 is 2.59 bits per heavy atom. The highest BCUT2D eigenvalue weighted by molar-refractivity contribution is 6.13. The van der Waals surface area contributed by atoms with E-state index < -0.39 is 5.91 Å². The topological polar surface area (TPSA) is 90.2 Å². The molecule has 32 heavy (non-hydrogen) atoms. The molecule has 3 aromatic rings. The zero-order valence-corrected chi connectivity index (χ0v) is 17.9. The lowest BCUT2D eigenvalue weighted by Crippen LogP contribution is -2.40. The van der Waals surface area contributed by atoms with E-state index in [2.05, 4.69) is 5.32 Å². The van der Waals surface area contributed by atoms with E-state index in [1.165, 1.54) is 6.08 Å². The molecule has 2 aromatic carbocycles. The fraction of sp³-hybridized carbons (Fsp3) is 0.250. The first-order valence-electron chi connectivity index (χ1n) is 10.2. The number of hydrogen-bond donors (Lipinski definition) is 1. The maximum atomic E-state index is 13.1. The molecule has 4 rings (SSSR count). The third-order valence-electron chi connectivity index (χ3n) is 5.19. The maximum absolute atomic E-state index is 13.1. The average molecular weight is 436 g/mol. The number of rotatable bonds is 6. The highest BCUT2D eigenvalue weighted by Gasteiger charge is 2.27. The molecule has 1 aromatic heterocycles. The minimum Gasteiger partial charge on any atom is -0.497 e. The molecule has 0 aliphatic carbocycles. The molecule has 1 fully saturated rings. The smallest absolute Gasteiger partial charge is 0.291 e. The molecule has 1 N–H and O–H groups in total. The first-order valence-corrected chi connectivity index (χ1v) is 10.2. The van der Waals surface area contributed by atoms with Crippen molar-refractivity contribution in [3.05, 3.63) is 59.9 Å². The molecule has 0 bridgehead atoms. The highest BCUT2D eigenvalue weighted by Crippen LogP contribution is 2.32. The van der Waals surface area contributed by atoms with Crippen LogP contribution in [0, 0.1) is 0 Å². The number of ether oxygens (including phenoxy) is 3. The number of fused-ring (bicyclic) bond motifs is 1. The molecular formula is C24H24N2O6. The highest BCUT2D eigenvalue weighted by atomic mass is 16.5. The van der Waals surface area contributed by atoms with Crippen LogP contribution in [0.2, 0.25) is 0 Å². The summed E-state index contributed by atoms with van der Waals surface area (Å²) in [6.45, 7) is 1.89. The number of carbonyl (C=O) groups excluding carboxylic acids is 2. The van der Waals surface area contributed by atoms with Gasteiger partial charge in [0.2, 0.25) is 11.7 Å². The van der Waals surface area contributed by atoms with Crippen LogP contribution in [0.1, 0.15) is 16.1 Å². The zero-order chi connectivity index (χ0) is 22.5. The number of morpholine rings is 1. The van der Waals surface area contributed by atoms with E-state index in [9.17, 15) is 9.59 Å². The van der Waals surface area contributed by atoms with Gasteiger partial charge in [0.15, 0.2) is 0 Å². The molecule has 8 heteroatoms. The Labute approximate surface area is 185 Å². The van der Waals surface area contributed by atoms with Crippen LogP contribution < -0.4 is 14.8 Å². The molecule has 0 radical (unpaired) electrons. The molecule has 0 unspecified atom stereocenters. The van der Waals surface area contributed by atoms with E-state index >= 15 is 0 Å². The predicted octanol–water partition coefficient (Wildman–Crippen LogP) is 3.57. The number of methoxy groups -OCH3 is 2. The zero-order valence-electron chi connectivity index (χ0n) is 17.9.